The third kappa shape index (κ3) is 2.17. The molecule has 16 heavy (non-hydrogen) atoms. The van der Waals surface area contributed by atoms with Crippen LogP contribution in [0.25, 0.3) is 0 Å². The van der Waals surface area contributed by atoms with Gasteiger partial charge in [-0.1, -0.05) is 6.92 Å². The molecular weight excluding hydrogens is 288 g/mol. The number of hydrogen-bond donors (Lipinski definition) is 0. The van der Waals surface area contributed by atoms with Gasteiger partial charge >= 0.3 is 0 Å². The van der Waals surface area contributed by atoms with Crippen LogP contribution in [0.3, 0.4) is 0 Å². The van der Waals surface area contributed by atoms with Crippen LogP contribution in [0.4, 0.5) is 0 Å². The van der Waals surface area contributed by atoms with Crippen molar-refractivity contribution >= 4 is 27.5 Å². The zero-order valence-corrected chi connectivity index (χ0v) is 12.4. The molecule has 1 aromatic rings. The number of alkyl halides is 1. The highest BCUT2D eigenvalue weighted by Gasteiger charge is 2.41. The largest absolute Gasteiger partial charge is 0.271 e. The number of halogens is 2. The van der Waals surface area contributed by atoms with E-state index in [0.717, 1.165) is 28.4 Å². The Morgan fingerprint density at radius 3 is 2.56 bits per heavy atom. The Balaban J connectivity index is 2.25. The predicted octanol–water partition coefficient (Wildman–Crippen LogP) is 3.69. The third-order valence-electron chi connectivity index (χ3n) is 3.70. The molecule has 1 aliphatic carbocycles. The van der Waals surface area contributed by atoms with Crippen molar-refractivity contribution in [1.29, 1.82) is 0 Å². The van der Waals surface area contributed by atoms with Crippen LogP contribution in [0.1, 0.15) is 31.2 Å². The highest BCUT2D eigenvalue weighted by molar-refractivity contribution is 9.10. The van der Waals surface area contributed by atoms with Crippen molar-refractivity contribution in [2.75, 3.05) is 5.88 Å². The second-order valence-electron chi connectivity index (χ2n) is 5.21. The molecule has 0 N–H and O–H groups in total. The van der Waals surface area contributed by atoms with Gasteiger partial charge in [-0.15, -0.1) is 11.6 Å². The van der Waals surface area contributed by atoms with E-state index in [1.807, 2.05) is 18.7 Å². The summed E-state index contributed by atoms with van der Waals surface area (Å²) in [5.74, 6) is 1.53. The number of aromatic nitrogens is 2. The number of hydrogen-bond acceptors (Lipinski definition) is 1. The zero-order valence-electron chi connectivity index (χ0n) is 10.1. The lowest BCUT2D eigenvalue weighted by atomic mass is 9.82. The molecule has 0 radical (unpaired) electrons. The molecule has 1 aromatic heterocycles. The fourth-order valence-electron chi connectivity index (χ4n) is 2.34. The number of rotatable bonds is 4. The second kappa shape index (κ2) is 4.34. The molecule has 1 unspecified atom stereocenters. The van der Waals surface area contributed by atoms with Crippen LogP contribution in [0.5, 0.6) is 0 Å². The molecule has 0 aliphatic heterocycles. The maximum absolute atomic E-state index is 6.16. The summed E-state index contributed by atoms with van der Waals surface area (Å²) in [5.41, 5.74) is 2.56. The van der Waals surface area contributed by atoms with Crippen molar-refractivity contribution in [1.82, 2.24) is 9.78 Å². The summed E-state index contributed by atoms with van der Waals surface area (Å²) in [6.07, 6.45) is 3.68. The molecule has 1 fully saturated rings. The molecule has 0 spiro atoms. The van der Waals surface area contributed by atoms with Crippen LogP contribution in [-0.2, 0) is 13.5 Å². The van der Waals surface area contributed by atoms with E-state index in [2.05, 4.69) is 28.0 Å². The summed E-state index contributed by atoms with van der Waals surface area (Å²) in [7, 11) is 2.01. The minimum absolute atomic E-state index is 0.226. The average Bonchev–Trinajstić information content (AvgIpc) is 3.05. The van der Waals surface area contributed by atoms with Crippen molar-refractivity contribution in [2.24, 2.45) is 18.4 Å². The Morgan fingerprint density at radius 1 is 1.56 bits per heavy atom. The lowest BCUT2D eigenvalue weighted by Gasteiger charge is -2.27. The van der Waals surface area contributed by atoms with Crippen LogP contribution in [0.2, 0.25) is 0 Å². The van der Waals surface area contributed by atoms with E-state index >= 15 is 0 Å². The van der Waals surface area contributed by atoms with E-state index in [-0.39, 0.29) is 5.41 Å². The van der Waals surface area contributed by atoms with Gasteiger partial charge in [-0.3, -0.25) is 4.68 Å². The van der Waals surface area contributed by atoms with Gasteiger partial charge in [-0.25, -0.2) is 0 Å². The van der Waals surface area contributed by atoms with Crippen molar-refractivity contribution in [3.8, 4) is 0 Å². The van der Waals surface area contributed by atoms with Gasteiger partial charge < -0.3 is 0 Å². The summed E-state index contributed by atoms with van der Waals surface area (Å²) >= 11 is 9.79. The maximum atomic E-state index is 6.16. The molecule has 1 aliphatic rings. The predicted molar refractivity (Wildman–Crippen MR) is 70.9 cm³/mol. The smallest absolute Gasteiger partial charge is 0.0738 e. The number of aryl methyl sites for hydroxylation is 2. The van der Waals surface area contributed by atoms with E-state index in [4.69, 9.17) is 11.6 Å². The molecule has 0 aromatic carbocycles. The quantitative estimate of drug-likeness (QED) is 0.776. The SMILES string of the molecule is Cc1nn(C)c(CC(C)(CCl)C2CC2)c1Br. The summed E-state index contributed by atoms with van der Waals surface area (Å²) in [4.78, 5) is 0. The minimum atomic E-state index is 0.226. The van der Waals surface area contributed by atoms with Crippen molar-refractivity contribution in [3.05, 3.63) is 15.9 Å². The van der Waals surface area contributed by atoms with E-state index in [1.54, 1.807) is 0 Å². The molecule has 0 amide bonds. The Kier molecular flexibility index (Phi) is 3.37. The molecule has 0 saturated heterocycles. The fourth-order valence-corrected chi connectivity index (χ4v) is 3.12. The molecule has 1 heterocycles. The Hall–Kier alpha value is -0.0200. The first kappa shape index (κ1) is 12.4. The highest BCUT2D eigenvalue weighted by atomic mass is 79.9. The highest BCUT2D eigenvalue weighted by Crippen LogP contribution is 2.48. The number of nitrogens with zero attached hydrogens (tertiary/aromatic N) is 2. The minimum Gasteiger partial charge on any atom is -0.271 e. The Morgan fingerprint density at radius 2 is 2.19 bits per heavy atom. The van der Waals surface area contributed by atoms with E-state index in [0.29, 0.717) is 0 Å². The zero-order chi connectivity index (χ0) is 11.9. The van der Waals surface area contributed by atoms with Crippen LogP contribution >= 0.6 is 27.5 Å². The van der Waals surface area contributed by atoms with Gasteiger partial charge in [-0.2, -0.15) is 5.10 Å². The molecule has 2 rings (SSSR count). The lowest BCUT2D eigenvalue weighted by Crippen LogP contribution is -2.25. The van der Waals surface area contributed by atoms with Crippen molar-refractivity contribution < 1.29 is 0 Å². The first-order valence-corrected chi connectivity index (χ1v) is 7.04. The molecule has 2 nitrogen and oxygen atoms in total. The molecule has 1 atom stereocenters. The van der Waals surface area contributed by atoms with E-state index in [1.165, 1.54) is 18.5 Å². The molecule has 1 saturated carbocycles. The van der Waals surface area contributed by atoms with Gasteiger partial charge in [0.05, 0.1) is 15.9 Å². The van der Waals surface area contributed by atoms with Gasteiger partial charge in [0.15, 0.2) is 0 Å². The molecular formula is C12H18BrClN2. The van der Waals surface area contributed by atoms with Crippen LogP contribution in [-0.4, -0.2) is 15.7 Å². The Labute approximate surface area is 110 Å². The van der Waals surface area contributed by atoms with Crippen LogP contribution in [0.15, 0.2) is 4.47 Å². The fraction of sp³-hybridized carbons (Fsp3) is 0.750. The van der Waals surface area contributed by atoms with Crippen molar-refractivity contribution in [3.63, 3.8) is 0 Å². The van der Waals surface area contributed by atoms with E-state index < -0.39 is 0 Å². The normalized spacial score (nSPS) is 19.8. The average molecular weight is 306 g/mol. The van der Waals surface area contributed by atoms with E-state index in [9.17, 15) is 0 Å². The summed E-state index contributed by atoms with van der Waals surface area (Å²) in [5, 5.41) is 4.44. The summed E-state index contributed by atoms with van der Waals surface area (Å²) in [6, 6.07) is 0. The summed E-state index contributed by atoms with van der Waals surface area (Å²) in [6.45, 7) is 4.33. The topological polar surface area (TPSA) is 17.8 Å². The monoisotopic (exact) mass is 304 g/mol. The molecule has 0 bridgehead atoms. The Bertz CT molecular complexity index is 398. The standard InChI is InChI=1S/C12H18BrClN2/c1-8-11(13)10(16(3)15-8)6-12(2,7-14)9-4-5-9/h9H,4-7H2,1-3H3. The first-order valence-electron chi connectivity index (χ1n) is 5.72. The first-order chi connectivity index (χ1) is 7.48. The van der Waals surface area contributed by atoms with Gasteiger partial charge in [0, 0.05) is 12.9 Å². The lowest BCUT2D eigenvalue weighted by molar-refractivity contribution is 0.305. The third-order valence-corrected chi connectivity index (χ3v) is 5.34. The van der Waals surface area contributed by atoms with Crippen molar-refractivity contribution in [2.45, 2.75) is 33.1 Å². The van der Waals surface area contributed by atoms with Gasteiger partial charge in [0.1, 0.15) is 0 Å². The molecule has 4 heteroatoms. The van der Waals surface area contributed by atoms with Gasteiger partial charge in [0.25, 0.3) is 0 Å². The maximum Gasteiger partial charge on any atom is 0.0738 e. The molecule has 90 valence electrons. The summed E-state index contributed by atoms with van der Waals surface area (Å²) < 4.78 is 3.12. The van der Waals surface area contributed by atoms with Crippen LogP contribution < -0.4 is 0 Å². The van der Waals surface area contributed by atoms with Crippen LogP contribution in [0, 0.1) is 18.3 Å². The van der Waals surface area contributed by atoms with Gasteiger partial charge in [-0.05, 0) is 53.4 Å². The van der Waals surface area contributed by atoms with Gasteiger partial charge in [0.2, 0.25) is 0 Å². The second-order valence-corrected chi connectivity index (χ2v) is 6.27.